The number of aryl methyl sites for hydroxylation is 1. The lowest BCUT2D eigenvalue weighted by atomic mass is 10.2. The van der Waals surface area contributed by atoms with Crippen molar-refractivity contribution in [1.29, 1.82) is 0 Å². The van der Waals surface area contributed by atoms with Gasteiger partial charge in [-0.2, -0.15) is 0 Å². The molecule has 1 fully saturated rings. The lowest BCUT2D eigenvalue weighted by molar-refractivity contribution is 0.472. The quantitative estimate of drug-likeness (QED) is 0.662. The van der Waals surface area contributed by atoms with Gasteiger partial charge in [0.05, 0.1) is 0 Å². The predicted molar refractivity (Wildman–Crippen MR) is 42.6 cm³/mol. The van der Waals surface area contributed by atoms with Crippen LogP contribution >= 0.6 is 0 Å². The van der Waals surface area contributed by atoms with E-state index in [1.165, 1.54) is 12.8 Å². The number of rotatable bonds is 1. The van der Waals surface area contributed by atoms with Gasteiger partial charge in [0.15, 0.2) is 0 Å². The lowest BCUT2D eigenvalue weighted by Crippen LogP contribution is -1.88. The van der Waals surface area contributed by atoms with E-state index in [2.05, 4.69) is 4.98 Å². The lowest BCUT2D eigenvalue weighted by Gasteiger charge is -1.99. The molecular weight excluding hydrogens is 138 g/mol. The molecule has 2 rings (SSSR count). The third-order valence-electron chi connectivity index (χ3n) is 1.95. The Morgan fingerprint density at radius 1 is 1.45 bits per heavy atom. The van der Waals surface area contributed by atoms with Gasteiger partial charge in [0.2, 0.25) is 0 Å². The van der Waals surface area contributed by atoms with Gasteiger partial charge in [0, 0.05) is 29.4 Å². The van der Waals surface area contributed by atoms with Gasteiger partial charge in [-0.05, 0) is 19.8 Å². The van der Waals surface area contributed by atoms with Crippen molar-refractivity contribution in [2.75, 3.05) is 0 Å². The number of aromatic hydroxyl groups is 1. The SMILES string of the molecule is Cc1cc(O)cc(C2CC2)n1. The molecule has 0 bridgehead atoms. The molecule has 0 radical (unpaired) electrons. The minimum absolute atomic E-state index is 0.347. The summed E-state index contributed by atoms with van der Waals surface area (Å²) in [5, 5.41) is 9.23. The van der Waals surface area contributed by atoms with Crippen molar-refractivity contribution in [1.82, 2.24) is 4.98 Å². The molecule has 0 spiro atoms. The largest absolute Gasteiger partial charge is 0.508 e. The molecule has 2 nitrogen and oxygen atoms in total. The van der Waals surface area contributed by atoms with Gasteiger partial charge in [0.1, 0.15) is 5.75 Å². The first-order chi connectivity index (χ1) is 5.25. The third kappa shape index (κ3) is 1.34. The minimum Gasteiger partial charge on any atom is -0.508 e. The molecule has 0 atom stereocenters. The first-order valence-electron chi connectivity index (χ1n) is 3.93. The highest BCUT2D eigenvalue weighted by molar-refractivity contribution is 5.28. The predicted octanol–water partition coefficient (Wildman–Crippen LogP) is 1.97. The molecular formula is C9H11NO. The molecule has 0 aliphatic heterocycles. The van der Waals surface area contributed by atoms with Crippen LogP contribution in [-0.4, -0.2) is 10.1 Å². The van der Waals surface area contributed by atoms with Crippen LogP contribution in [0, 0.1) is 6.92 Å². The van der Waals surface area contributed by atoms with Crippen molar-refractivity contribution in [3.05, 3.63) is 23.5 Å². The maximum atomic E-state index is 9.23. The van der Waals surface area contributed by atoms with Gasteiger partial charge in [-0.15, -0.1) is 0 Å². The maximum Gasteiger partial charge on any atom is 0.119 e. The fraction of sp³-hybridized carbons (Fsp3) is 0.444. The molecule has 1 aliphatic rings. The second kappa shape index (κ2) is 2.22. The highest BCUT2D eigenvalue weighted by Gasteiger charge is 2.25. The number of hydrogen-bond donors (Lipinski definition) is 1. The normalized spacial score (nSPS) is 16.8. The van der Waals surface area contributed by atoms with Crippen LogP contribution in [0.2, 0.25) is 0 Å². The molecule has 1 aliphatic carbocycles. The van der Waals surface area contributed by atoms with E-state index in [0.717, 1.165) is 11.4 Å². The Morgan fingerprint density at radius 2 is 2.18 bits per heavy atom. The van der Waals surface area contributed by atoms with Gasteiger partial charge < -0.3 is 5.11 Å². The van der Waals surface area contributed by atoms with Crippen LogP contribution in [0.15, 0.2) is 12.1 Å². The van der Waals surface area contributed by atoms with E-state index >= 15 is 0 Å². The zero-order chi connectivity index (χ0) is 7.84. The van der Waals surface area contributed by atoms with Crippen LogP contribution in [-0.2, 0) is 0 Å². The topological polar surface area (TPSA) is 33.1 Å². The Balaban J connectivity index is 2.39. The summed E-state index contributed by atoms with van der Waals surface area (Å²) in [5.74, 6) is 0.972. The second-order valence-electron chi connectivity index (χ2n) is 3.17. The van der Waals surface area contributed by atoms with E-state index in [0.29, 0.717) is 11.7 Å². The Hall–Kier alpha value is -1.05. The first-order valence-corrected chi connectivity index (χ1v) is 3.93. The summed E-state index contributed by atoms with van der Waals surface area (Å²) in [6.45, 7) is 1.91. The zero-order valence-electron chi connectivity index (χ0n) is 6.54. The standard InChI is InChI=1S/C9H11NO/c1-6-4-8(11)5-9(10-6)7-2-3-7/h4-5,7H,2-3H2,1H3,(H,10,11). The van der Waals surface area contributed by atoms with Gasteiger partial charge in [-0.3, -0.25) is 4.98 Å². The summed E-state index contributed by atoms with van der Waals surface area (Å²) in [5.41, 5.74) is 1.97. The van der Waals surface area contributed by atoms with E-state index < -0.39 is 0 Å². The van der Waals surface area contributed by atoms with E-state index in [-0.39, 0.29) is 0 Å². The summed E-state index contributed by atoms with van der Waals surface area (Å²) in [6, 6.07) is 3.45. The van der Waals surface area contributed by atoms with E-state index in [4.69, 9.17) is 0 Å². The van der Waals surface area contributed by atoms with Crippen molar-refractivity contribution in [2.24, 2.45) is 0 Å². The zero-order valence-corrected chi connectivity index (χ0v) is 6.54. The van der Waals surface area contributed by atoms with Gasteiger partial charge in [-0.1, -0.05) is 0 Å². The molecule has 2 heteroatoms. The fourth-order valence-corrected chi connectivity index (χ4v) is 1.26. The average Bonchev–Trinajstić information content (AvgIpc) is 2.64. The molecule has 58 valence electrons. The van der Waals surface area contributed by atoms with E-state index in [1.54, 1.807) is 12.1 Å². The Morgan fingerprint density at radius 3 is 2.73 bits per heavy atom. The minimum atomic E-state index is 0.347. The van der Waals surface area contributed by atoms with Crippen molar-refractivity contribution in [3.63, 3.8) is 0 Å². The number of pyridine rings is 1. The summed E-state index contributed by atoms with van der Waals surface area (Å²) >= 11 is 0. The maximum absolute atomic E-state index is 9.23. The molecule has 1 aromatic rings. The highest BCUT2D eigenvalue weighted by atomic mass is 16.3. The summed E-state index contributed by atoms with van der Waals surface area (Å²) < 4.78 is 0. The van der Waals surface area contributed by atoms with E-state index in [1.807, 2.05) is 6.92 Å². The van der Waals surface area contributed by atoms with Crippen molar-refractivity contribution in [2.45, 2.75) is 25.7 Å². The van der Waals surface area contributed by atoms with Crippen LogP contribution in [0.4, 0.5) is 0 Å². The smallest absolute Gasteiger partial charge is 0.119 e. The van der Waals surface area contributed by atoms with Crippen molar-refractivity contribution in [3.8, 4) is 5.75 Å². The average molecular weight is 149 g/mol. The molecule has 0 saturated heterocycles. The monoisotopic (exact) mass is 149 g/mol. The molecule has 0 unspecified atom stereocenters. The van der Waals surface area contributed by atoms with Gasteiger partial charge in [-0.25, -0.2) is 0 Å². The molecule has 1 heterocycles. The number of aromatic nitrogens is 1. The second-order valence-corrected chi connectivity index (χ2v) is 3.17. The third-order valence-corrected chi connectivity index (χ3v) is 1.95. The van der Waals surface area contributed by atoms with E-state index in [9.17, 15) is 5.11 Å². The summed E-state index contributed by atoms with van der Waals surface area (Å²) in [7, 11) is 0. The van der Waals surface area contributed by atoms with Crippen LogP contribution in [0.5, 0.6) is 5.75 Å². The Labute approximate surface area is 65.9 Å². The van der Waals surface area contributed by atoms with Crippen molar-refractivity contribution >= 4 is 0 Å². The summed E-state index contributed by atoms with van der Waals surface area (Å²) in [6.07, 6.45) is 2.46. The van der Waals surface area contributed by atoms with Gasteiger partial charge in [0.25, 0.3) is 0 Å². The number of hydrogen-bond acceptors (Lipinski definition) is 2. The van der Waals surface area contributed by atoms with Crippen molar-refractivity contribution < 1.29 is 5.11 Å². The van der Waals surface area contributed by atoms with Gasteiger partial charge >= 0.3 is 0 Å². The summed E-state index contributed by atoms with van der Waals surface area (Å²) in [4.78, 5) is 4.34. The number of nitrogens with zero attached hydrogens (tertiary/aromatic N) is 1. The Kier molecular flexibility index (Phi) is 1.34. The van der Waals surface area contributed by atoms with Crippen LogP contribution in [0.3, 0.4) is 0 Å². The fourth-order valence-electron chi connectivity index (χ4n) is 1.26. The highest BCUT2D eigenvalue weighted by Crippen LogP contribution is 2.39. The molecule has 1 aromatic heterocycles. The molecule has 0 aromatic carbocycles. The van der Waals surface area contributed by atoms with Crippen LogP contribution in [0.25, 0.3) is 0 Å². The van der Waals surface area contributed by atoms with Crippen LogP contribution in [0.1, 0.15) is 30.1 Å². The molecule has 1 saturated carbocycles. The molecule has 11 heavy (non-hydrogen) atoms. The molecule has 1 N–H and O–H groups in total. The first kappa shape index (κ1) is 6.65. The molecule has 0 amide bonds. The Bertz CT molecular complexity index is 259. The van der Waals surface area contributed by atoms with Crippen LogP contribution < -0.4 is 0 Å².